The molecule has 26 heavy (non-hydrogen) atoms. The monoisotopic (exact) mass is 369 g/mol. The van der Waals surface area contributed by atoms with E-state index >= 15 is 0 Å². The number of hydrogen-bond donors (Lipinski definition) is 2. The lowest BCUT2D eigenvalue weighted by Crippen LogP contribution is -2.13. The van der Waals surface area contributed by atoms with Crippen LogP contribution in [-0.2, 0) is 4.79 Å². The van der Waals surface area contributed by atoms with Gasteiger partial charge in [0.1, 0.15) is 15.7 Å². The number of nitrogens with zero attached hydrogens (tertiary/aromatic N) is 1. The summed E-state index contributed by atoms with van der Waals surface area (Å²) in [4.78, 5) is 28.5. The van der Waals surface area contributed by atoms with Gasteiger partial charge in [0.2, 0.25) is 5.91 Å². The summed E-state index contributed by atoms with van der Waals surface area (Å²) < 4.78 is 14.0. The minimum absolute atomic E-state index is 0.00434. The van der Waals surface area contributed by atoms with Crippen molar-refractivity contribution in [1.29, 1.82) is 0 Å². The highest BCUT2D eigenvalue weighted by molar-refractivity contribution is 7.17. The zero-order valence-corrected chi connectivity index (χ0v) is 15.0. The molecular formula is C19H16FN3O2S. The Morgan fingerprint density at radius 3 is 2.50 bits per heavy atom. The zero-order valence-electron chi connectivity index (χ0n) is 14.2. The highest BCUT2D eigenvalue weighted by Gasteiger charge is 2.18. The molecule has 3 aromatic rings. The normalized spacial score (nSPS) is 10.4. The third-order valence-electron chi connectivity index (χ3n) is 3.56. The van der Waals surface area contributed by atoms with Crippen LogP contribution in [-0.4, -0.2) is 16.8 Å². The number of aryl methyl sites for hydroxylation is 1. The summed E-state index contributed by atoms with van der Waals surface area (Å²) in [5, 5.41) is 5.83. The molecule has 0 bridgehead atoms. The van der Waals surface area contributed by atoms with Crippen molar-refractivity contribution in [3.63, 3.8) is 0 Å². The van der Waals surface area contributed by atoms with Gasteiger partial charge in [-0.05, 0) is 25.1 Å². The molecule has 2 aromatic carbocycles. The molecular weight excluding hydrogens is 353 g/mol. The summed E-state index contributed by atoms with van der Waals surface area (Å²) in [5.74, 6) is -1.31. The molecule has 0 spiro atoms. The van der Waals surface area contributed by atoms with Gasteiger partial charge in [0.15, 0.2) is 0 Å². The molecule has 0 aliphatic carbocycles. The Bertz CT molecular complexity index is 970. The number of hydrogen-bond acceptors (Lipinski definition) is 4. The Labute approximate surface area is 153 Å². The van der Waals surface area contributed by atoms with Gasteiger partial charge in [0.25, 0.3) is 5.91 Å². The minimum atomic E-state index is -0.585. The van der Waals surface area contributed by atoms with Crippen LogP contribution in [0.25, 0.3) is 10.6 Å². The molecule has 2 N–H and O–H groups in total. The molecule has 5 nitrogen and oxygen atoms in total. The van der Waals surface area contributed by atoms with Crippen LogP contribution in [0.5, 0.6) is 0 Å². The summed E-state index contributed by atoms with van der Waals surface area (Å²) in [7, 11) is 0. The van der Waals surface area contributed by atoms with Crippen molar-refractivity contribution in [2.45, 2.75) is 13.8 Å². The molecule has 132 valence electrons. The predicted octanol–water partition coefficient (Wildman–Crippen LogP) is 4.47. The molecule has 7 heteroatoms. The Morgan fingerprint density at radius 1 is 1.08 bits per heavy atom. The first-order valence-electron chi connectivity index (χ1n) is 7.85. The first kappa shape index (κ1) is 17.8. The van der Waals surface area contributed by atoms with Crippen molar-refractivity contribution in [2.75, 3.05) is 10.6 Å². The zero-order chi connectivity index (χ0) is 18.7. The first-order valence-corrected chi connectivity index (χ1v) is 8.67. The van der Waals surface area contributed by atoms with E-state index in [-0.39, 0.29) is 11.6 Å². The van der Waals surface area contributed by atoms with Crippen molar-refractivity contribution in [1.82, 2.24) is 4.98 Å². The summed E-state index contributed by atoms with van der Waals surface area (Å²) in [5.41, 5.74) is 1.89. The molecule has 0 atom stereocenters. The Hall–Kier alpha value is -3.06. The van der Waals surface area contributed by atoms with E-state index in [1.54, 1.807) is 6.92 Å². The van der Waals surface area contributed by atoms with Gasteiger partial charge in [0.05, 0.1) is 11.4 Å². The Balaban J connectivity index is 1.85. The van der Waals surface area contributed by atoms with Crippen LogP contribution in [0, 0.1) is 12.7 Å². The van der Waals surface area contributed by atoms with E-state index in [1.165, 1.54) is 36.5 Å². The van der Waals surface area contributed by atoms with E-state index in [0.717, 1.165) is 10.6 Å². The van der Waals surface area contributed by atoms with Crippen LogP contribution in [0.2, 0.25) is 0 Å². The average molecular weight is 369 g/mol. The molecule has 0 radical (unpaired) electrons. The van der Waals surface area contributed by atoms with E-state index in [1.807, 2.05) is 30.3 Å². The second-order valence-electron chi connectivity index (χ2n) is 5.63. The lowest BCUT2D eigenvalue weighted by atomic mass is 10.2. The fourth-order valence-electron chi connectivity index (χ4n) is 2.39. The van der Waals surface area contributed by atoms with E-state index in [9.17, 15) is 14.0 Å². The standard InChI is InChI=1S/C19H16FN3O2S/c1-11-17(26-19(21-11)13-6-4-3-5-7-13)18(25)23-16-10-14(22-12(2)24)8-9-15(16)20/h3-10H,1-2H3,(H,22,24)(H,23,25). The van der Waals surface area contributed by atoms with Crippen LogP contribution in [0.4, 0.5) is 15.8 Å². The lowest BCUT2D eigenvalue weighted by Gasteiger charge is -2.08. The third-order valence-corrected chi connectivity index (χ3v) is 4.76. The Kier molecular flexibility index (Phi) is 5.09. The molecule has 0 saturated heterocycles. The van der Waals surface area contributed by atoms with Crippen LogP contribution in [0.15, 0.2) is 48.5 Å². The molecule has 0 aliphatic rings. The topological polar surface area (TPSA) is 71.1 Å². The van der Waals surface area contributed by atoms with Gasteiger partial charge >= 0.3 is 0 Å². The number of nitrogens with one attached hydrogen (secondary N) is 2. The van der Waals surface area contributed by atoms with E-state index in [2.05, 4.69) is 15.6 Å². The highest BCUT2D eigenvalue weighted by atomic mass is 32.1. The van der Waals surface area contributed by atoms with Gasteiger partial charge < -0.3 is 10.6 Å². The molecule has 3 rings (SSSR count). The maximum absolute atomic E-state index is 14.0. The number of amides is 2. The number of carbonyl (C=O) groups excluding carboxylic acids is 2. The number of aromatic nitrogens is 1. The van der Waals surface area contributed by atoms with Crippen molar-refractivity contribution < 1.29 is 14.0 Å². The van der Waals surface area contributed by atoms with Gasteiger partial charge in [-0.2, -0.15) is 0 Å². The molecule has 0 saturated carbocycles. The van der Waals surface area contributed by atoms with Crippen LogP contribution in [0.1, 0.15) is 22.3 Å². The molecule has 1 heterocycles. The number of benzene rings is 2. The summed E-state index contributed by atoms with van der Waals surface area (Å²) >= 11 is 1.25. The van der Waals surface area contributed by atoms with E-state index in [4.69, 9.17) is 0 Å². The van der Waals surface area contributed by atoms with Gasteiger partial charge in [-0.3, -0.25) is 9.59 Å². The van der Waals surface area contributed by atoms with Gasteiger partial charge in [-0.15, -0.1) is 11.3 Å². The largest absolute Gasteiger partial charge is 0.326 e. The second kappa shape index (κ2) is 7.45. The SMILES string of the molecule is CC(=O)Nc1ccc(F)c(NC(=O)c2sc(-c3ccccc3)nc2C)c1. The minimum Gasteiger partial charge on any atom is -0.326 e. The van der Waals surface area contributed by atoms with E-state index < -0.39 is 11.7 Å². The van der Waals surface area contributed by atoms with Crippen molar-refractivity contribution in [3.05, 3.63) is 64.9 Å². The van der Waals surface area contributed by atoms with Gasteiger partial charge in [-0.1, -0.05) is 30.3 Å². The van der Waals surface area contributed by atoms with Crippen molar-refractivity contribution in [2.24, 2.45) is 0 Å². The van der Waals surface area contributed by atoms with Crippen LogP contribution < -0.4 is 10.6 Å². The van der Waals surface area contributed by atoms with Crippen LogP contribution >= 0.6 is 11.3 Å². The van der Waals surface area contributed by atoms with Crippen LogP contribution in [0.3, 0.4) is 0 Å². The predicted molar refractivity (Wildman–Crippen MR) is 101 cm³/mol. The Morgan fingerprint density at radius 2 is 1.81 bits per heavy atom. The van der Waals surface area contributed by atoms with Crippen molar-refractivity contribution in [3.8, 4) is 10.6 Å². The molecule has 0 fully saturated rings. The smallest absolute Gasteiger partial charge is 0.267 e. The molecule has 1 aromatic heterocycles. The maximum Gasteiger partial charge on any atom is 0.267 e. The molecule has 2 amide bonds. The third kappa shape index (κ3) is 3.94. The van der Waals surface area contributed by atoms with E-state index in [0.29, 0.717) is 16.3 Å². The first-order chi connectivity index (χ1) is 12.4. The summed E-state index contributed by atoms with van der Waals surface area (Å²) in [6.07, 6.45) is 0. The average Bonchev–Trinajstić information content (AvgIpc) is 3.00. The highest BCUT2D eigenvalue weighted by Crippen LogP contribution is 2.29. The quantitative estimate of drug-likeness (QED) is 0.713. The summed E-state index contributed by atoms with van der Waals surface area (Å²) in [6, 6.07) is 13.5. The number of carbonyl (C=O) groups is 2. The lowest BCUT2D eigenvalue weighted by molar-refractivity contribution is -0.114. The number of rotatable bonds is 4. The number of thiazole rings is 1. The summed E-state index contributed by atoms with van der Waals surface area (Å²) in [6.45, 7) is 3.09. The molecule has 0 unspecified atom stereocenters. The molecule has 0 aliphatic heterocycles. The van der Waals surface area contributed by atoms with Gasteiger partial charge in [-0.25, -0.2) is 9.37 Å². The fourth-order valence-corrected chi connectivity index (χ4v) is 3.36. The maximum atomic E-state index is 14.0. The number of anilines is 2. The van der Waals surface area contributed by atoms with Crippen molar-refractivity contribution >= 4 is 34.5 Å². The second-order valence-corrected chi connectivity index (χ2v) is 6.63. The number of halogens is 1. The van der Waals surface area contributed by atoms with Gasteiger partial charge in [0, 0.05) is 18.2 Å². The fraction of sp³-hybridized carbons (Fsp3) is 0.105.